The van der Waals surface area contributed by atoms with Crippen LogP contribution in [0.4, 0.5) is 5.69 Å². The Morgan fingerprint density at radius 3 is 2.59 bits per heavy atom. The molecule has 34 heavy (non-hydrogen) atoms. The third-order valence-corrected chi connectivity index (χ3v) is 6.28. The van der Waals surface area contributed by atoms with Gasteiger partial charge in [-0.05, 0) is 55.5 Å². The topological polar surface area (TPSA) is 56.6 Å². The summed E-state index contributed by atoms with van der Waals surface area (Å²) in [6.45, 7) is 4.15. The molecule has 1 saturated heterocycles. The zero-order chi connectivity index (χ0) is 23.5. The quantitative estimate of drug-likeness (QED) is 0.328. The van der Waals surface area contributed by atoms with Gasteiger partial charge in [-0.25, -0.2) is 4.98 Å². The Morgan fingerprint density at radius 1 is 1.00 bits per heavy atom. The second-order valence-corrected chi connectivity index (χ2v) is 8.66. The van der Waals surface area contributed by atoms with Gasteiger partial charge in [-0.15, -0.1) is 0 Å². The van der Waals surface area contributed by atoms with Crippen LogP contribution in [0.1, 0.15) is 25.1 Å². The van der Waals surface area contributed by atoms with Gasteiger partial charge in [0.25, 0.3) is 0 Å². The summed E-state index contributed by atoms with van der Waals surface area (Å²) in [7, 11) is 0. The number of carbonyl (C=O) groups is 1. The molecule has 1 aliphatic heterocycles. The van der Waals surface area contributed by atoms with E-state index >= 15 is 0 Å². The smallest absolute Gasteiger partial charge is 0.227 e. The molecule has 5 rings (SSSR count). The number of anilines is 1. The SMILES string of the molecule is CCOc1ccccc1N1C[C@H](c2nc3ccccc3n2CCOc2ccc(Cl)cc2)CC1=O. The van der Waals surface area contributed by atoms with Gasteiger partial charge in [0.2, 0.25) is 5.91 Å². The number of amides is 1. The maximum atomic E-state index is 13.1. The molecule has 0 bridgehead atoms. The molecule has 174 valence electrons. The molecule has 1 aromatic heterocycles. The summed E-state index contributed by atoms with van der Waals surface area (Å²) in [6, 6.07) is 23.1. The van der Waals surface area contributed by atoms with Crippen LogP contribution in [0, 0.1) is 0 Å². The average Bonchev–Trinajstić information content (AvgIpc) is 3.41. The molecule has 0 N–H and O–H groups in total. The fourth-order valence-electron chi connectivity index (χ4n) is 4.50. The predicted octanol–water partition coefficient (Wildman–Crippen LogP) is 5.69. The van der Waals surface area contributed by atoms with Crippen molar-refractivity contribution in [2.45, 2.75) is 25.8 Å². The van der Waals surface area contributed by atoms with Crippen LogP contribution >= 0.6 is 11.6 Å². The zero-order valence-electron chi connectivity index (χ0n) is 19.0. The number of rotatable bonds is 8. The molecular formula is C27H26ClN3O3. The van der Waals surface area contributed by atoms with Crippen LogP contribution in [0.2, 0.25) is 5.02 Å². The summed E-state index contributed by atoms with van der Waals surface area (Å²) in [5.74, 6) is 2.46. The lowest BCUT2D eigenvalue weighted by atomic mass is 10.1. The Bertz CT molecular complexity index is 1300. The molecule has 1 aliphatic rings. The molecule has 7 heteroatoms. The first-order valence-electron chi connectivity index (χ1n) is 11.5. The van der Waals surface area contributed by atoms with E-state index < -0.39 is 0 Å². The molecule has 2 heterocycles. The monoisotopic (exact) mass is 475 g/mol. The molecule has 1 atom stereocenters. The van der Waals surface area contributed by atoms with Crippen LogP contribution in [-0.2, 0) is 11.3 Å². The molecule has 0 radical (unpaired) electrons. The molecule has 0 aliphatic carbocycles. The predicted molar refractivity (Wildman–Crippen MR) is 134 cm³/mol. The number of hydrogen-bond acceptors (Lipinski definition) is 4. The van der Waals surface area contributed by atoms with E-state index in [9.17, 15) is 4.79 Å². The molecule has 0 spiro atoms. The van der Waals surface area contributed by atoms with Crippen molar-refractivity contribution in [3.8, 4) is 11.5 Å². The summed E-state index contributed by atoms with van der Waals surface area (Å²) < 4.78 is 13.9. The van der Waals surface area contributed by atoms with E-state index in [-0.39, 0.29) is 11.8 Å². The highest BCUT2D eigenvalue weighted by Crippen LogP contribution is 2.37. The number of imidazole rings is 1. The minimum atomic E-state index is -0.0230. The van der Waals surface area contributed by atoms with Gasteiger partial charge in [-0.3, -0.25) is 4.79 Å². The average molecular weight is 476 g/mol. The Morgan fingerprint density at radius 2 is 1.76 bits per heavy atom. The van der Waals surface area contributed by atoms with Gasteiger partial charge in [0.05, 0.1) is 29.9 Å². The number of hydrogen-bond donors (Lipinski definition) is 0. The molecule has 1 fully saturated rings. The number of carbonyl (C=O) groups excluding carboxylic acids is 1. The fourth-order valence-corrected chi connectivity index (χ4v) is 4.62. The number of nitrogens with zero attached hydrogens (tertiary/aromatic N) is 3. The molecule has 6 nitrogen and oxygen atoms in total. The van der Waals surface area contributed by atoms with Crippen LogP contribution < -0.4 is 14.4 Å². The lowest BCUT2D eigenvalue weighted by molar-refractivity contribution is -0.117. The maximum Gasteiger partial charge on any atom is 0.227 e. The second kappa shape index (κ2) is 9.77. The van der Waals surface area contributed by atoms with Crippen molar-refractivity contribution in [1.29, 1.82) is 0 Å². The van der Waals surface area contributed by atoms with Gasteiger partial charge in [0.15, 0.2) is 0 Å². The normalized spacial score (nSPS) is 15.8. The van der Waals surface area contributed by atoms with Crippen molar-refractivity contribution in [3.05, 3.63) is 83.6 Å². The minimum Gasteiger partial charge on any atom is -0.492 e. The van der Waals surface area contributed by atoms with E-state index in [0.717, 1.165) is 34.0 Å². The zero-order valence-corrected chi connectivity index (χ0v) is 19.7. The number of benzene rings is 3. The number of aromatic nitrogens is 2. The Hall–Kier alpha value is -3.51. The van der Waals surface area contributed by atoms with E-state index in [0.29, 0.717) is 37.7 Å². The standard InChI is InChI=1S/C27H26ClN3O3/c1-2-33-25-10-6-5-9-24(25)31-18-19(17-26(31)32)27-29-22-7-3-4-8-23(22)30(27)15-16-34-21-13-11-20(28)12-14-21/h3-14,19H,2,15-18H2,1H3/t19-/m1/s1. The van der Waals surface area contributed by atoms with Gasteiger partial charge in [-0.1, -0.05) is 35.9 Å². The van der Waals surface area contributed by atoms with Gasteiger partial charge >= 0.3 is 0 Å². The van der Waals surface area contributed by atoms with Crippen LogP contribution in [0.15, 0.2) is 72.8 Å². The van der Waals surface area contributed by atoms with Gasteiger partial charge < -0.3 is 18.9 Å². The molecule has 4 aromatic rings. The van der Waals surface area contributed by atoms with Crippen molar-refractivity contribution in [1.82, 2.24) is 9.55 Å². The highest BCUT2D eigenvalue weighted by atomic mass is 35.5. The Balaban J connectivity index is 1.40. The summed E-state index contributed by atoms with van der Waals surface area (Å²) in [4.78, 5) is 19.8. The van der Waals surface area contributed by atoms with E-state index in [1.165, 1.54) is 0 Å². The van der Waals surface area contributed by atoms with Crippen molar-refractivity contribution in [2.24, 2.45) is 0 Å². The summed E-state index contributed by atoms with van der Waals surface area (Å²) in [5, 5.41) is 0.677. The van der Waals surface area contributed by atoms with Crippen molar-refractivity contribution in [3.63, 3.8) is 0 Å². The van der Waals surface area contributed by atoms with E-state index in [4.69, 9.17) is 26.1 Å². The summed E-state index contributed by atoms with van der Waals surface area (Å²) >= 11 is 5.97. The lowest BCUT2D eigenvalue weighted by Crippen LogP contribution is -2.25. The van der Waals surface area contributed by atoms with Crippen LogP contribution in [0.3, 0.4) is 0 Å². The molecule has 3 aromatic carbocycles. The van der Waals surface area contributed by atoms with E-state index in [2.05, 4.69) is 10.6 Å². The van der Waals surface area contributed by atoms with Crippen molar-refractivity contribution < 1.29 is 14.3 Å². The van der Waals surface area contributed by atoms with Crippen LogP contribution in [-0.4, -0.2) is 35.2 Å². The Kier molecular flexibility index (Phi) is 6.41. The summed E-state index contributed by atoms with van der Waals surface area (Å²) in [6.07, 6.45) is 0.405. The lowest BCUT2D eigenvalue weighted by Gasteiger charge is -2.20. The van der Waals surface area contributed by atoms with E-state index in [1.807, 2.05) is 78.6 Å². The maximum absolute atomic E-state index is 13.1. The number of ether oxygens (including phenoxy) is 2. The first-order chi connectivity index (χ1) is 16.6. The number of para-hydroxylation sites is 4. The number of fused-ring (bicyclic) bond motifs is 1. The minimum absolute atomic E-state index is 0.0230. The molecular weight excluding hydrogens is 450 g/mol. The fraction of sp³-hybridized carbons (Fsp3) is 0.259. The van der Waals surface area contributed by atoms with Gasteiger partial charge in [-0.2, -0.15) is 0 Å². The van der Waals surface area contributed by atoms with Gasteiger partial charge in [0.1, 0.15) is 23.9 Å². The van der Waals surface area contributed by atoms with Crippen LogP contribution in [0.25, 0.3) is 11.0 Å². The first-order valence-corrected chi connectivity index (χ1v) is 11.9. The molecule has 0 saturated carbocycles. The molecule has 0 unspecified atom stereocenters. The van der Waals surface area contributed by atoms with Crippen molar-refractivity contribution >= 4 is 34.2 Å². The highest BCUT2D eigenvalue weighted by Gasteiger charge is 2.36. The van der Waals surface area contributed by atoms with Crippen molar-refractivity contribution in [2.75, 3.05) is 24.7 Å². The largest absolute Gasteiger partial charge is 0.492 e. The Labute approximate surface area is 203 Å². The summed E-state index contributed by atoms with van der Waals surface area (Å²) in [5.41, 5.74) is 2.77. The third-order valence-electron chi connectivity index (χ3n) is 6.03. The third kappa shape index (κ3) is 4.46. The van der Waals surface area contributed by atoms with Crippen LogP contribution in [0.5, 0.6) is 11.5 Å². The number of halogens is 1. The van der Waals surface area contributed by atoms with Gasteiger partial charge in [0, 0.05) is 23.9 Å². The van der Waals surface area contributed by atoms with E-state index in [1.54, 1.807) is 0 Å². The first kappa shape index (κ1) is 22.3. The molecule has 1 amide bonds. The highest BCUT2D eigenvalue weighted by molar-refractivity contribution is 6.30. The second-order valence-electron chi connectivity index (χ2n) is 8.22.